The normalized spacial score (nSPS) is 18.7. The van der Waals surface area contributed by atoms with E-state index in [1.807, 2.05) is 6.07 Å². The second-order valence-corrected chi connectivity index (χ2v) is 4.29. The fraction of sp³-hybridized carbons (Fsp3) is 0.385. The van der Waals surface area contributed by atoms with E-state index in [-0.39, 0.29) is 5.91 Å². The maximum atomic E-state index is 12.4. The van der Waals surface area contributed by atoms with Crippen LogP contribution >= 0.6 is 0 Å². The largest absolute Gasteiger partial charge is 0.480 e. The van der Waals surface area contributed by atoms with Crippen LogP contribution in [0.1, 0.15) is 23.2 Å². The SMILES string of the molecule is CNc1ccccc1C(=O)N1CCCC1C(=O)O. The van der Waals surface area contributed by atoms with E-state index in [0.29, 0.717) is 18.5 Å². The van der Waals surface area contributed by atoms with Crippen LogP contribution in [0.2, 0.25) is 0 Å². The van der Waals surface area contributed by atoms with E-state index in [4.69, 9.17) is 5.11 Å². The molecule has 0 bridgehead atoms. The van der Waals surface area contributed by atoms with Crippen LogP contribution in [0.5, 0.6) is 0 Å². The minimum absolute atomic E-state index is 0.218. The smallest absolute Gasteiger partial charge is 0.326 e. The van der Waals surface area contributed by atoms with Crippen molar-refractivity contribution in [2.75, 3.05) is 18.9 Å². The molecule has 1 aliphatic heterocycles. The van der Waals surface area contributed by atoms with Crippen LogP contribution < -0.4 is 5.32 Å². The summed E-state index contributed by atoms with van der Waals surface area (Å²) in [5.74, 6) is -1.15. The summed E-state index contributed by atoms with van der Waals surface area (Å²) >= 11 is 0. The van der Waals surface area contributed by atoms with E-state index in [1.54, 1.807) is 25.2 Å². The number of likely N-dealkylation sites (tertiary alicyclic amines) is 1. The molecular formula is C13H16N2O3. The summed E-state index contributed by atoms with van der Waals surface area (Å²) in [6, 6.07) is 6.44. The second kappa shape index (κ2) is 5.08. The highest BCUT2D eigenvalue weighted by molar-refractivity contribution is 6.01. The molecule has 0 spiro atoms. The summed E-state index contributed by atoms with van der Waals surface area (Å²) in [7, 11) is 1.74. The molecule has 96 valence electrons. The lowest BCUT2D eigenvalue weighted by molar-refractivity contribution is -0.141. The van der Waals surface area contributed by atoms with E-state index in [2.05, 4.69) is 5.32 Å². The molecule has 18 heavy (non-hydrogen) atoms. The van der Waals surface area contributed by atoms with Crippen LogP contribution in [0.25, 0.3) is 0 Å². The third kappa shape index (κ3) is 2.16. The van der Waals surface area contributed by atoms with E-state index >= 15 is 0 Å². The molecule has 1 atom stereocenters. The Labute approximate surface area is 105 Å². The first kappa shape index (κ1) is 12.4. The van der Waals surface area contributed by atoms with Gasteiger partial charge in [0.05, 0.1) is 5.56 Å². The van der Waals surface area contributed by atoms with Crippen molar-refractivity contribution in [2.45, 2.75) is 18.9 Å². The van der Waals surface area contributed by atoms with Gasteiger partial charge in [-0.2, -0.15) is 0 Å². The number of para-hydroxylation sites is 1. The van der Waals surface area contributed by atoms with Crippen molar-refractivity contribution in [1.29, 1.82) is 0 Å². The fourth-order valence-corrected chi connectivity index (χ4v) is 2.31. The van der Waals surface area contributed by atoms with E-state index < -0.39 is 12.0 Å². The summed E-state index contributed by atoms with van der Waals surface area (Å²) in [6.07, 6.45) is 1.27. The summed E-state index contributed by atoms with van der Waals surface area (Å²) in [5.41, 5.74) is 1.24. The lowest BCUT2D eigenvalue weighted by Crippen LogP contribution is -2.40. The molecule has 2 rings (SSSR count). The number of amides is 1. The zero-order chi connectivity index (χ0) is 13.1. The molecule has 1 fully saturated rings. The number of nitrogens with zero attached hydrogens (tertiary/aromatic N) is 1. The molecule has 5 nitrogen and oxygen atoms in total. The Hall–Kier alpha value is -2.04. The van der Waals surface area contributed by atoms with Gasteiger partial charge in [0.25, 0.3) is 5.91 Å². The Balaban J connectivity index is 2.28. The monoisotopic (exact) mass is 248 g/mol. The topological polar surface area (TPSA) is 69.6 Å². The zero-order valence-electron chi connectivity index (χ0n) is 10.2. The molecule has 1 heterocycles. The van der Waals surface area contributed by atoms with Crippen LogP contribution in [0.3, 0.4) is 0 Å². The summed E-state index contributed by atoms with van der Waals surface area (Å²) < 4.78 is 0. The van der Waals surface area contributed by atoms with Gasteiger partial charge in [-0.05, 0) is 25.0 Å². The van der Waals surface area contributed by atoms with Crippen LogP contribution in [-0.4, -0.2) is 41.5 Å². The van der Waals surface area contributed by atoms with E-state index in [0.717, 1.165) is 12.1 Å². The average Bonchev–Trinajstić information content (AvgIpc) is 2.87. The standard InChI is InChI=1S/C13H16N2O3/c1-14-10-6-3-2-5-9(10)12(16)15-8-4-7-11(15)13(17)18/h2-3,5-6,11,14H,4,7-8H2,1H3,(H,17,18). The maximum absolute atomic E-state index is 12.4. The number of carboxylic acids is 1. The molecule has 0 radical (unpaired) electrons. The molecule has 2 N–H and O–H groups in total. The Bertz CT molecular complexity index is 473. The van der Waals surface area contributed by atoms with Gasteiger partial charge in [-0.25, -0.2) is 4.79 Å². The summed E-state index contributed by atoms with van der Waals surface area (Å²) in [4.78, 5) is 24.9. The number of carboxylic acid groups (broad SMARTS) is 1. The van der Waals surface area contributed by atoms with Crippen LogP contribution in [0.15, 0.2) is 24.3 Å². The van der Waals surface area contributed by atoms with Crippen molar-refractivity contribution in [3.63, 3.8) is 0 Å². The first-order chi connectivity index (χ1) is 8.65. The predicted octanol–water partition coefficient (Wildman–Crippen LogP) is 1.42. The molecule has 1 saturated heterocycles. The Morgan fingerprint density at radius 3 is 2.78 bits per heavy atom. The van der Waals surface area contributed by atoms with Gasteiger partial charge < -0.3 is 15.3 Å². The van der Waals surface area contributed by atoms with Gasteiger partial charge in [0.1, 0.15) is 6.04 Å². The predicted molar refractivity (Wildman–Crippen MR) is 67.7 cm³/mol. The molecule has 0 aromatic heterocycles. The minimum atomic E-state index is -0.928. The Kier molecular flexibility index (Phi) is 3.50. The van der Waals surface area contributed by atoms with Gasteiger partial charge in [-0.3, -0.25) is 4.79 Å². The molecular weight excluding hydrogens is 232 g/mol. The average molecular weight is 248 g/mol. The quantitative estimate of drug-likeness (QED) is 0.848. The van der Waals surface area contributed by atoms with Gasteiger partial charge in [-0.1, -0.05) is 12.1 Å². The molecule has 1 amide bonds. The van der Waals surface area contributed by atoms with Crippen molar-refractivity contribution in [3.8, 4) is 0 Å². The van der Waals surface area contributed by atoms with Gasteiger partial charge in [0.2, 0.25) is 0 Å². The number of carbonyl (C=O) groups excluding carboxylic acids is 1. The lowest BCUT2D eigenvalue weighted by Gasteiger charge is -2.22. The van der Waals surface area contributed by atoms with E-state index in [1.165, 1.54) is 4.90 Å². The highest BCUT2D eigenvalue weighted by Gasteiger charge is 2.34. The van der Waals surface area contributed by atoms with Crippen molar-refractivity contribution in [2.24, 2.45) is 0 Å². The molecule has 0 saturated carbocycles. The third-order valence-corrected chi connectivity index (χ3v) is 3.23. The fourth-order valence-electron chi connectivity index (χ4n) is 2.31. The minimum Gasteiger partial charge on any atom is -0.480 e. The van der Waals surface area contributed by atoms with Gasteiger partial charge in [0.15, 0.2) is 0 Å². The molecule has 1 aliphatic rings. The number of anilines is 1. The molecule has 0 aliphatic carbocycles. The first-order valence-corrected chi connectivity index (χ1v) is 5.95. The Morgan fingerprint density at radius 1 is 1.39 bits per heavy atom. The van der Waals surface area contributed by atoms with Crippen molar-refractivity contribution in [1.82, 2.24) is 4.90 Å². The number of rotatable bonds is 3. The van der Waals surface area contributed by atoms with E-state index in [9.17, 15) is 9.59 Å². The van der Waals surface area contributed by atoms with Gasteiger partial charge >= 0.3 is 5.97 Å². The highest BCUT2D eigenvalue weighted by atomic mass is 16.4. The molecule has 5 heteroatoms. The van der Waals surface area contributed by atoms with Crippen LogP contribution in [-0.2, 0) is 4.79 Å². The second-order valence-electron chi connectivity index (χ2n) is 4.29. The maximum Gasteiger partial charge on any atom is 0.326 e. The number of aliphatic carboxylic acids is 1. The Morgan fingerprint density at radius 2 is 2.11 bits per heavy atom. The molecule has 1 aromatic rings. The summed E-state index contributed by atoms with van der Waals surface area (Å²) in [5, 5.41) is 12.0. The molecule has 1 aromatic carbocycles. The lowest BCUT2D eigenvalue weighted by atomic mass is 10.1. The number of hydrogen-bond acceptors (Lipinski definition) is 3. The van der Waals surface area contributed by atoms with Crippen molar-refractivity contribution in [3.05, 3.63) is 29.8 Å². The zero-order valence-corrected chi connectivity index (χ0v) is 10.2. The van der Waals surface area contributed by atoms with Crippen LogP contribution in [0, 0.1) is 0 Å². The number of carbonyl (C=O) groups is 2. The molecule has 1 unspecified atom stereocenters. The summed E-state index contributed by atoms with van der Waals surface area (Å²) in [6.45, 7) is 0.508. The van der Waals surface area contributed by atoms with Gasteiger partial charge in [-0.15, -0.1) is 0 Å². The van der Waals surface area contributed by atoms with Crippen LogP contribution in [0.4, 0.5) is 5.69 Å². The third-order valence-electron chi connectivity index (χ3n) is 3.23. The van der Waals surface area contributed by atoms with Gasteiger partial charge in [0, 0.05) is 19.3 Å². The number of nitrogens with one attached hydrogen (secondary N) is 1. The first-order valence-electron chi connectivity index (χ1n) is 5.95. The van der Waals surface area contributed by atoms with Crippen molar-refractivity contribution >= 4 is 17.6 Å². The number of benzene rings is 1. The number of hydrogen-bond donors (Lipinski definition) is 2. The van der Waals surface area contributed by atoms with Crippen molar-refractivity contribution < 1.29 is 14.7 Å². The highest BCUT2D eigenvalue weighted by Crippen LogP contribution is 2.23.